The molecular formula is C22H30N2O6. The van der Waals surface area contributed by atoms with Crippen molar-refractivity contribution in [2.24, 2.45) is 5.92 Å². The second kappa shape index (κ2) is 11.1. The minimum atomic E-state index is -0.588. The number of hydrogen-bond acceptors (Lipinski definition) is 6. The van der Waals surface area contributed by atoms with Crippen molar-refractivity contribution < 1.29 is 28.9 Å². The number of carbonyl (C=O) groups excluding carboxylic acids is 2. The molecule has 8 nitrogen and oxygen atoms in total. The maximum absolute atomic E-state index is 12.4. The van der Waals surface area contributed by atoms with Gasteiger partial charge in [-0.05, 0) is 30.5 Å². The molecule has 8 heteroatoms. The van der Waals surface area contributed by atoms with Gasteiger partial charge in [0, 0.05) is 25.7 Å². The van der Waals surface area contributed by atoms with E-state index in [4.69, 9.17) is 14.2 Å². The smallest absolute Gasteiger partial charge is 0.223 e. The van der Waals surface area contributed by atoms with E-state index in [1.54, 1.807) is 13.2 Å². The third-order valence-corrected chi connectivity index (χ3v) is 5.37. The van der Waals surface area contributed by atoms with Gasteiger partial charge < -0.3 is 30.0 Å². The summed E-state index contributed by atoms with van der Waals surface area (Å²) in [6, 6.07) is 7.08. The molecule has 3 atom stereocenters. The molecule has 2 aliphatic heterocycles. The summed E-state index contributed by atoms with van der Waals surface area (Å²) in [6.45, 7) is 1.32. The third-order valence-electron chi connectivity index (χ3n) is 5.37. The first-order valence-corrected chi connectivity index (χ1v) is 10.3. The van der Waals surface area contributed by atoms with Crippen molar-refractivity contribution in [1.29, 1.82) is 0 Å². The lowest BCUT2D eigenvalue weighted by atomic mass is 9.97. The summed E-state index contributed by atoms with van der Waals surface area (Å²) in [7, 11) is 1.60. The molecule has 3 rings (SSSR count). The van der Waals surface area contributed by atoms with Crippen molar-refractivity contribution >= 4 is 11.8 Å². The van der Waals surface area contributed by atoms with Crippen molar-refractivity contribution in [3.8, 4) is 5.75 Å². The molecule has 1 fully saturated rings. The van der Waals surface area contributed by atoms with Gasteiger partial charge >= 0.3 is 0 Å². The number of methoxy groups -OCH3 is 1. The van der Waals surface area contributed by atoms with E-state index in [2.05, 4.69) is 10.6 Å². The highest BCUT2D eigenvalue weighted by Crippen LogP contribution is 2.19. The molecule has 0 aliphatic carbocycles. The highest BCUT2D eigenvalue weighted by molar-refractivity contribution is 5.79. The minimum absolute atomic E-state index is 0.0514. The van der Waals surface area contributed by atoms with Crippen LogP contribution in [0.25, 0.3) is 0 Å². The number of aliphatic hydroxyl groups excluding tert-OH is 1. The van der Waals surface area contributed by atoms with Gasteiger partial charge in [-0.1, -0.05) is 24.3 Å². The van der Waals surface area contributed by atoms with Crippen molar-refractivity contribution in [2.45, 2.75) is 44.1 Å². The van der Waals surface area contributed by atoms with Crippen LogP contribution in [0.15, 0.2) is 36.4 Å². The van der Waals surface area contributed by atoms with Crippen LogP contribution in [0.2, 0.25) is 0 Å². The molecule has 0 radical (unpaired) electrons. The van der Waals surface area contributed by atoms with E-state index in [0.717, 1.165) is 11.3 Å². The van der Waals surface area contributed by atoms with Crippen LogP contribution in [0.4, 0.5) is 0 Å². The molecule has 1 aromatic carbocycles. The van der Waals surface area contributed by atoms with Crippen LogP contribution in [0.5, 0.6) is 5.75 Å². The van der Waals surface area contributed by atoms with E-state index in [0.29, 0.717) is 32.6 Å². The highest BCUT2D eigenvalue weighted by Gasteiger charge is 2.31. The van der Waals surface area contributed by atoms with Gasteiger partial charge in [-0.15, -0.1) is 0 Å². The molecule has 1 saturated heterocycles. The fraction of sp³-hybridized carbons (Fsp3) is 0.545. The molecule has 164 valence electrons. The Kier molecular flexibility index (Phi) is 8.24. The maximum Gasteiger partial charge on any atom is 0.223 e. The maximum atomic E-state index is 12.4. The quantitative estimate of drug-likeness (QED) is 0.543. The van der Waals surface area contributed by atoms with Crippen molar-refractivity contribution in [3.05, 3.63) is 42.0 Å². The van der Waals surface area contributed by atoms with Crippen LogP contribution in [-0.2, 0) is 25.6 Å². The summed E-state index contributed by atoms with van der Waals surface area (Å²) in [5, 5.41) is 15.5. The monoisotopic (exact) mass is 418 g/mol. The van der Waals surface area contributed by atoms with Crippen molar-refractivity contribution in [3.63, 3.8) is 0 Å². The summed E-state index contributed by atoms with van der Waals surface area (Å²) in [5.74, 6) is 0.449. The summed E-state index contributed by atoms with van der Waals surface area (Å²) in [5.41, 5.74) is 0.937. The number of benzene rings is 1. The Morgan fingerprint density at radius 3 is 2.77 bits per heavy atom. The van der Waals surface area contributed by atoms with Gasteiger partial charge in [0.1, 0.15) is 11.9 Å². The molecule has 0 spiro atoms. The molecule has 30 heavy (non-hydrogen) atoms. The lowest BCUT2D eigenvalue weighted by molar-refractivity contribution is -0.132. The first-order chi connectivity index (χ1) is 14.6. The zero-order chi connectivity index (χ0) is 21.3. The van der Waals surface area contributed by atoms with Crippen molar-refractivity contribution in [2.75, 3.05) is 26.9 Å². The van der Waals surface area contributed by atoms with Gasteiger partial charge in [-0.3, -0.25) is 9.59 Å². The van der Waals surface area contributed by atoms with Crippen molar-refractivity contribution in [1.82, 2.24) is 10.6 Å². The average molecular weight is 418 g/mol. The number of amides is 2. The number of carbonyl (C=O) groups is 2. The van der Waals surface area contributed by atoms with Gasteiger partial charge in [0.05, 0.1) is 32.3 Å². The fourth-order valence-corrected chi connectivity index (χ4v) is 3.62. The Bertz CT molecular complexity index is 747. The minimum Gasteiger partial charge on any atom is -0.497 e. The van der Waals surface area contributed by atoms with E-state index in [-0.39, 0.29) is 30.8 Å². The predicted molar refractivity (Wildman–Crippen MR) is 110 cm³/mol. The summed E-state index contributed by atoms with van der Waals surface area (Å²) < 4.78 is 16.3. The molecule has 2 amide bonds. The first-order valence-electron chi connectivity index (χ1n) is 10.3. The number of hydrogen-bond donors (Lipinski definition) is 3. The Labute approximate surface area is 176 Å². The summed E-state index contributed by atoms with van der Waals surface area (Å²) in [6.07, 6.45) is 4.07. The SMILES string of the molecule is COc1cccc(CNC(=O)C[C@@H]2C=C[C@H](NC(=O)C3CCOCC3)[C@@H](CO)O2)c1. The zero-order valence-corrected chi connectivity index (χ0v) is 17.2. The van der Waals surface area contributed by atoms with Crippen LogP contribution in [0.1, 0.15) is 24.8 Å². The molecule has 2 aliphatic rings. The topological polar surface area (TPSA) is 106 Å². The molecular weight excluding hydrogens is 388 g/mol. The van der Waals surface area contributed by atoms with Gasteiger partial charge in [0.25, 0.3) is 0 Å². The van der Waals surface area contributed by atoms with E-state index in [1.807, 2.05) is 30.3 Å². The largest absolute Gasteiger partial charge is 0.497 e. The molecule has 0 aromatic heterocycles. The molecule has 0 saturated carbocycles. The van der Waals surface area contributed by atoms with Gasteiger partial charge in [-0.25, -0.2) is 0 Å². The number of ether oxygens (including phenoxy) is 3. The zero-order valence-electron chi connectivity index (χ0n) is 17.2. The van der Waals surface area contributed by atoms with E-state index >= 15 is 0 Å². The molecule has 0 unspecified atom stereocenters. The van der Waals surface area contributed by atoms with E-state index in [9.17, 15) is 14.7 Å². The average Bonchev–Trinajstić information content (AvgIpc) is 2.79. The summed E-state index contributed by atoms with van der Waals surface area (Å²) in [4.78, 5) is 24.7. The Morgan fingerprint density at radius 1 is 1.23 bits per heavy atom. The second-order valence-corrected chi connectivity index (χ2v) is 7.53. The Hall–Kier alpha value is -2.42. The highest BCUT2D eigenvalue weighted by atomic mass is 16.5. The predicted octanol–water partition coefficient (Wildman–Crippen LogP) is 0.929. The fourth-order valence-electron chi connectivity index (χ4n) is 3.62. The Morgan fingerprint density at radius 2 is 2.03 bits per heavy atom. The second-order valence-electron chi connectivity index (χ2n) is 7.53. The third kappa shape index (κ3) is 6.29. The van der Waals surface area contributed by atoms with Crippen LogP contribution in [0, 0.1) is 5.92 Å². The number of aliphatic hydroxyl groups is 1. The molecule has 0 bridgehead atoms. The van der Waals surface area contributed by atoms with Gasteiger partial charge in [0.15, 0.2) is 0 Å². The standard InChI is InChI=1S/C22H30N2O6/c1-28-17-4-2-3-15(11-17)13-23-21(26)12-18-5-6-19(20(14-25)30-18)24-22(27)16-7-9-29-10-8-16/h2-6,11,16,18-20,25H,7-10,12-14H2,1H3,(H,23,26)(H,24,27)/t18-,19-,20+/m0/s1. The molecule has 3 N–H and O–H groups in total. The van der Waals surface area contributed by atoms with Gasteiger partial charge in [-0.2, -0.15) is 0 Å². The lowest BCUT2D eigenvalue weighted by Gasteiger charge is -2.33. The summed E-state index contributed by atoms with van der Waals surface area (Å²) >= 11 is 0. The number of nitrogens with one attached hydrogen (secondary N) is 2. The van der Waals surface area contributed by atoms with Crippen LogP contribution < -0.4 is 15.4 Å². The van der Waals surface area contributed by atoms with Crippen LogP contribution in [0.3, 0.4) is 0 Å². The van der Waals surface area contributed by atoms with Gasteiger partial charge in [0.2, 0.25) is 11.8 Å². The normalized spacial score (nSPS) is 24.3. The van der Waals surface area contributed by atoms with Crippen LogP contribution in [-0.4, -0.2) is 62.1 Å². The molecule has 2 heterocycles. The first kappa shape index (κ1) is 22.3. The van der Waals surface area contributed by atoms with E-state index < -0.39 is 18.2 Å². The molecule has 1 aromatic rings. The lowest BCUT2D eigenvalue weighted by Crippen LogP contribution is -2.50. The van der Waals surface area contributed by atoms with E-state index in [1.165, 1.54) is 0 Å². The Balaban J connectivity index is 1.48. The number of rotatable bonds is 8. The van der Waals surface area contributed by atoms with Crippen LogP contribution >= 0.6 is 0 Å².